The second-order valence-electron chi connectivity index (χ2n) is 2.00. The average molecular weight is 174 g/mol. The molecule has 0 saturated heterocycles. The van der Waals surface area contributed by atoms with Crippen LogP contribution in [0.25, 0.3) is 5.57 Å². The Morgan fingerprint density at radius 3 is 3.00 bits per heavy atom. The first kappa shape index (κ1) is 7.76. The fraction of sp³-hybridized carbons (Fsp3) is 0.286. The van der Waals surface area contributed by atoms with Crippen molar-refractivity contribution in [1.29, 1.82) is 0 Å². The summed E-state index contributed by atoms with van der Waals surface area (Å²) in [5.74, 6) is 0.489. The molecule has 0 saturated carbocycles. The molecule has 0 aliphatic heterocycles. The van der Waals surface area contributed by atoms with Crippen LogP contribution in [-0.2, 0) is 0 Å². The van der Waals surface area contributed by atoms with Gasteiger partial charge in [0.05, 0.1) is 16.1 Å². The molecule has 0 fully saturated rings. The van der Waals surface area contributed by atoms with E-state index in [9.17, 15) is 0 Å². The van der Waals surface area contributed by atoms with Crippen LogP contribution in [0.15, 0.2) is 12.1 Å². The van der Waals surface area contributed by atoms with Crippen molar-refractivity contribution in [3.63, 3.8) is 0 Å². The minimum absolute atomic E-state index is 0.489. The van der Waals surface area contributed by atoms with Crippen LogP contribution in [-0.4, -0.2) is 10.9 Å². The topological polar surface area (TPSA) is 12.9 Å². The fourth-order valence-electron chi connectivity index (χ4n) is 0.702. The second kappa shape index (κ2) is 3.17. The Morgan fingerprint density at radius 1 is 1.90 bits per heavy atom. The van der Waals surface area contributed by atoms with E-state index < -0.39 is 0 Å². The van der Waals surface area contributed by atoms with Gasteiger partial charge in [-0.3, -0.25) is 0 Å². The van der Waals surface area contributed by atoms with Crippen molar-refractivity contribution >= 4 is 28.5 Å². The Balaban J connectivity index is 2.93. The first-order valence-corrected chi connectivity index (χ1v) is 4.31. The van der Waals surface area contributed by atoms with Crippen LogP contribution >= 0.6 is 22.9 Å². The maximum atomic E-state index is 5.59. The molecule has 0 aliphatic rings. The molecule has 0 aromatic carbocycles. The third kappa shape index (κ3) is 1.39. The molecule has 10 heavy (non-hydrogen) atoms. The molecule has 0 spiro atoms. The van der Waals surface area contributed by atoms with E-state index in [1.807, 2.05) is 12.4 Å². The van der Waals surface area contributed by atoms with Crippen LogP contribution in [0.2, 0.25) is 0 Å². The van der Waals surface area contributed by atoms with Crippen LogP contribution in [0.1, 0.15) is 10.6 Å². The lowest BCUT2D eigenvalue weighted by Crippen LogP contribution is -1.82. The van der Waals surface area contributed by atoms with E-state index in [0.29, 0.717) is 5.88 Å². The molecule has 0 radical (unpaired) electrons. The minimum atomic E-state index is 0.489. The summed E-state index contributed by atoms with van der Waals surface area (Å²) in [6.45, 7) is 5.78. The van der Waals surface area contributed by atoms with Gasteiger partial charge in [-0.1, -0.05) is 6.58 Å². The van der Waals surface area contributed by atoms with E-state index in [4.69, 9.17) is 11.6 Å². The SMILES string of the molecule is C=C(CCl)c1scnc1C. The predicted molar refractivity (Wildman–Crippen MR) is 46.6 cm³/mol. The van der Waals surface area contributed by atoms with Gasteiger partial charge in [0.25, 0.3) is 0 Å². The molecule has 1 heterocycles. The van der Waals surface area contributed by atoms with Crippen molar-refractivity contribution in [3.8, 4) is 0 Å². The first-order valence-electron chi connectivity index (χ1n) is 2.90. The van der Waals surface area contributed by atoms with E-state index in [2.05, 4.69) is 11.6 Å². The average Bonchev–Trinajstić information content (AvgIpc) is 2.34. The minimum Gasteiger partial charge on any atom is -0.249 e. The molecule has 0 amide bonds. The Morgan fingerprint density at radius 2 is 2.60 bits per heavy atom. The molecule has 1 aromatic rings. The van der Waals surface area contributed by atoms with Crippen LogP contribution in [0, 0.1) is 6.92 Å². The Hall–Kier alpha value is -0.340. The molecule has 1 nitrogen and oxygen atoms in total. The van der Waals surface area contributed by atoms with Gasteiger partial charge in [-0.15, -0.1) is 22.9 Å². The Bertz CT molecular complexity index is 242. The van der Waals surface area contributed by atoms with Crippen molar-refractivity contribution < 1.29 is 0 Å². The zero-order chi connectivity index (χ0) is 7.56. The molecule has 0 aliphatic carbocycles. The first-order chi connectivity index (χ1) is 4.75. The van der Waals surface area contributed by atoms with Gasteiger partial charge < -0.3 is 0 Å². The van der Waals surface area contributed by atoms with E-state index in [1.165, 1.54) is 0 Å². The highest BCUT2D eigenvalue weighted by Crippen LogP contribution is 2.21. The summed E-state index contributed by atoms with van der Waals surface area (Å²) in [6, 6.07) is 0. The lowest BCUT2D eigenvalue weighted by molar-refractivity contribution is 1.25. The largest absolute Gasteiger partial charge is 0.249 e. The molecule has 1 aromatic heterocycles. The maximum absolute atomic E-state index is 5.59. The van der Waals surface area contributed by atoms with Crippen LogP contribution in [0.4, 0.5) is 0 Å². The molecule has 54 valence electrons. The van der Waals surface area contributed by atoms with Crippen molar-refractivity contribution in [2.75, 3.05) is 5.88 Å². The lowest BCUT2D eigenvalue weighted by Gasteiger charge is -1.95. The van der Waals surface area contributed by atoms with Crippen LogP contribution in [0.3, 0.4) is 0 Å². The molecule has 0 bridgehead atoms. The third-order valence-corrected chi connectivity index (χ3v) is 2.58. The van der Waals surface area contributed by atoms with Gasteiger partial charge in [0, 0.05) is 5.88 Å². The Labute approximate surface area is 69.4 Å². The van der Waals surface area contributed by atoms with Gasteiger partial charge in [-0.2, -0.15) is 0 Å². The fourth-order valence-corrected chi connectivity index (χ4v) is 1.69. The number of allylic oxidation sites excluding steroid dienone is 1. The van der Waals surface area contributed by atoms with Crippen molar-refractivity contribution in [1.82, 2.24) is 4.98 Å². The van der Waals surface area contributed by atoms with E-state index in [-0.39, 0.29) is 0 Å². The van der Waals surface area contributed by atoms with Gasteiger partial charge in [0.15, 0.2) is 0 Å². The number of rotatable bonds is 2. The smallest absolute Gasteiger partial charge is 0.0801 e. The maximum Gasteiger partial charge on any atom is 0.0801 e. The monoisotopic (exact) mass is 173 g/mol. The van der Waals surface area contributed by atoms with E-state index in [0.717, 1.165) is 16.1 Å². The molecular weight excluding hydrogens is 166 g/mol. The number of thiazole rings is 1. The highest BCUT2D eigenvalue weighted by Gasteiger charge is 2.02. The van der Waals surface area contributed by atoms with Gasteiger partial charge in [-0.25, -0.2) is 4.98 Å². The summed E-state index contributed by atoms with van der Waals surface area (Å²) in [5.41, 5.74) is 3.79. The number of aromatic nitrogens is 1. The number of hydrogen-bond donors (Lipinski definition) is 0. The molecule has 0 unspecified atom stereocenters. The Kier molecular flexibility index (Phi) is 2.46. The summed E-state index contributed by atoms with van der Waals surface area (Å²) < 4.78 is 0. The van der Waals surface area contributed by atoms with Crippen molar-refractivity contribution in [2.24, 2.45) is 0 Å². The molecule has 0 atom stereocenters. The molecular formula is C7H8ClNS. The number of halogens is 1. The second-order valence-corrected chi connectivity index (χ2v) is 3.13. The summed E-state index contributed by atoms with van der Waals surface area (Å²) in [7, 11) is 0. The van der Waals surface area contributed by atoms with Crippen molar-refractivity contribution in [2.45, 2.75) is 6.92 Å². The molecule has 1 rings (SSSR count). The lowest BCUT2D eigenvalue weighted by atomic mass is 10.2. The van der Waals surface area contributed by atoms with Gasteiger partial charge in [-0.05, 0) is 12.5 Å². The van der Waals surface area contributed by atoms with E-state index >= 15 is 0 Å². The van der Waals surface area contributed by atoms with Crippen molar-refractivity contribution in [3.05, 3.63) is 22.7 Å². The zero-order valence-corrected chi connectivity index (χ0v) is 7.30. The summed E-state index contributed by atoms with van der Waals surface area (Å²) in [6.07, 6.45) is 0. The molecule has 3 heteroatoms. The van der Waals surface area contributed by atoms with Crippen LogP contribution in [0.5, 0.6) is 0 Å². The van der Waals surface area contributed by atoms with Gasteiger partial charge in [0.1, 0.15) is 0 Å². The number of hydrogen-bond acceptors (Lipinski definition) is 2. The highest BCUT2D eigenvalue weighted by atomic mass is 35.5. The zero-order valence-electron chi connectivity index (χ0n) is 5.72. The third-order valence-electron chi connectivity index (χ3n) is 1.23. The summed E-state index contributed by atoms with van der Waals surface area (Å²) in [4.78, 5) is 5.21. The van der Waals surface area contributed by atoms with Gasteiger partial charge in [0.2, 0.25) is 0 Å². The van der Waals surface area contributed by atoms with Gasteiger partial charge >= 0.3 is 0 Å². The quantitative estimate of drug-likeness (QED) is 0.627. The van der Waals surface area contributed by atoms with Crippen LogP contribution < -0.4 is 0 Å². The molecule has 0 N–H and O–H groups in total. The number of alkyl halides is 1. The number of aryl methyl sites for hydroxylation is 1. The predicted octanol–water partition coefficient (Wildman–Crippen LogP) is 2.70. The summed E-state index contributed by atoms with van der Waals surface area (Å²) in [5, 5.41) is 0. The van der Waals surface area contributed by atoms with E-state index in [1.54, 1.807) is 11.3 Å². The number of nitrogens with zero attached hydrogens (tertiary/aromatic N) is 1. The summed E-state index contributed by atoms with van der Waals surface area (Å²) >= 11 is 7.18. The highest BCUT2D eigenvalue weighted by molar-refractivity contribution is 7.11. The standard InChI is InChI=1S/C7H8ClNS/c1-5(3-8)7-6(2)9-4-10-7/h4H,1,3H2,2H3. The normalized spacial score (nSPS) is 9.80.